The molecule has 0 aromatic heterocycles. The lowest BCUT2D eigenvalue weighted by atomic mass is 10.0. The van der Waals surface area contributed by atoms with Crippen molar-refractivity contribution in [1.29, 1.82) is 0 Å². The Bertz CT molecular complexity index is 439. The van der Waals surface area contributed by atoms with Gasteiger partial charge in [0.05, 0.1) is 6.61 Å². The summed E-state index contributed by atoms with van der Waals surface area (Å²) in [4.78, 5) is 23.7. The Morgan fingerprint density at radius 3 is 2.26 bits per heavy atom. The number of esters is 1. The number of halogens is 1. The molecular weight excluding hydrogens is 268 g/mol. The first-order valence-electron chi connectivity index (χ1n) is 6.08. The maximum Gasteiger partial charge on any atom is 0.355 e. The first-order chi connectivity index (χ1) is 8.95. The van der Waals surface area contributed by atoms with Gasteiger partial charge < -0.3 is 9.47 Å². The molecule has 19 heavy (non-hydrogen) atoms. The minimum atomic E-state index is -1.24. The van der Waals surface area contributed by atoms with Crippen LogP contribution in [0, 0.1) is 5.92 Å². The Labute approximate surface area is 117 Å². The monoisotopic (exact) mass is 284 g/mol. The lowest BCUT2D eigenvalue weighted by Gasteiger charge is -2.18. The van der Waals surface area contributed by atoms with Crippen molar-refractivity contribution in [2.75, 3.05) is 6.61 Å². The lowest BCUT2D eigenvalue weighted by Crippen LogP contribution is -2.39. The summed E-state index contributed by atoms with van der Waals surface area (Å²) < 4.78 is 10.3. The van der Waals surface area contributed by atoms with Gasteiger partial charge in [-0.25, -0.2) is 4.79 Å². The fourth-order valence-electron chi connectivity index (χ4n) is 1.39. The summed E-state index contributed by atoms with van der Waals surface area (Å²) >= 11 is 5.76. The summed E-state index contributed by atoms with van der Waals surface area (Å²) in [6.45, 7) is 5.29. The van der Waals surface area contributed by atoms with Gasteiger partial charge in [-0.2, -0.15) is 0 Å². The van der Waals surface area contributed by atoms with E-state index in [1.165, 1.54) is 0 Å². The maximum absolute atomic E-state index is 12.0. The van der Waals surface area contributed by atoms with Crippen LogP contribution in [0.5, 0.6) is 5.75 Å². The highest BCUT2D eigenvalue weighted by Gasteiger charge is 2.31. The molecule has 1 unspecified atom stereocenters. The van der Waals surface area contributed by atoms with Crippen LogP contribution in [-0.4, -0.2) is 24.5 Å². The third-order valence-corrected chi connectivity index (χ3v) is 2.65. The average molecular weight is 285 g/mol. The second-order valence-electron chi connectivity index (χ2n) is 4.26. The van der Waals surface area contributed by atoms with Crippen molar-refractivity contribution in [1.82, 2.24) is 0 Å². The number of ketones is 1. The predicted molar refractivity (Wildman–Crippen MR) is 72.3 cm³/mol. The van der Waals surface area contributed by atoms with Crippen LogP contribution in [0.15, 0.2) is 24.3 Å². The Morgan fingerprint density at radius 2 is 1.79 bits per heavy atom. The molecule has 0 saturated heterocycles. The van der Waals surface area contributed by atoms with Gasteiger partial charge in [-0.05, 0) is 31.2 Å². The van der Waals surface area contributed by atoms with Gasteiger partial charge in [0.25, 0.3) is 6.10 Å². The highest BCUT2D eigenvalue weighted by atomic mass is 35.5. The molecule has 1 atom stereocenters. The van der Waals surface area contributed by atoms with E-state index in [0.29, 0.717) is 10.8 Å². The van der Waals surface area contributed by atoms with Crippen molar-refractivity contribution in [3.63, 3.8) is 0 Å². The van der Waals surface area contributed by atoms with E-state index >= 15 is 0 Å². The molecular formula is C14H17ClO4. The highest BCUT2D eigenvalue weighted by Crippen LogP contribution is 2.18. The van der Waals surface area contributed by atoms with Crippen molar-refractivity contribution in [2.45, 2.75) is 26.9 Å². The van der Waals surface area contributed by atoms with E-state index in [1.54, 1.807) is 45.0 Å². The highest BCUT2D eigenvalue weighted by molar-refractivity contribution is 6.30. The largest absolute Gasteiger partial charge is 0.471 e. The second-order valence-corrected chi connectivity index (χ2v) is 4.70. The van der Waals surface area contributed by atoms with E-state index in [2.05, 4.69) is 0 Å². The van der Waals surface area contributed by atoms with Gasteiger partial charge in [0.1, 0.15) is 5.75 Å². The van der Waals surface area contributed by atoms with Crippen LogP contribution in [0.1, 0.15) is 20.8 Å². The summed E-state index contributed by atoms with van der Waals surface area (Å²) in [5, 5.41) is 0.551. The number of ether oxygens (including phenoxy) is 2. The van der Waals surface area contributed by atoms with E-state index in [1.807, 2.05) is 0 Å². The first kappa shape index (κ1) is 15.5. The SMILES string of the molecule is CCOC(=O)C(Oc1ccc(Cl)cc1)C(=O)C(C)C. The molecule has 0 aliphatic heterocycles. The molecule has 0 heterocycles. The molecule has 0 bridgehead atoms. The van der Waals surface area contributed by atoms with Gasteiger partial charge in [-0.1, -0.05) is 25.4 Å². The summed E-state index contributed by atoms with van der Waals surface area (Å²) in [7, 11) is 0. The van der Waals surface area contributed by atoms with E-state index in [4.69, 9.17) is 21.1 Å². The summed E-state index contributed by atoms with van der Waals surface area (Å²) in [5.41, 5.74) is 0. The normalized spacial score (nSPS) is 12.1. The summed E-state index contributed by atoms with van der Waals surface area (Å²) in [5.74, 6) is -0.900. The quantitative estimate of drug-likeness (QED) is 0.595. The number of rotatable bonds is 6. The lowest BCUT2D eigenvalue weighted by molar-refractivity contribution is -0.156. The zero-order valence-electron chi connectivity index (χ0n) is 11.2. The molecule has 4 nitrogen and oxygen atoms in total. The topological polar surface area (TPSA) is 52.6 Å². The second kappa shape index (κ2) is 7.14. The zero-order valence-corrected chi connectivity index (χ0v) is 11.9. The van der Waals surface area contributed by atoms with Crippen molar-refractivity contribution in [3.8, 4) is 5.75 Å². The predicted octanol–water partition coefficient (Wildman–Crippen LogP) is 2.88. The van der Waals surface area contributed by atoms with Gasteiger partial charge in [0.2, 0.25) is 0 Å². The van der Waals surface area contributed by atoms with Crippen molar-refractivity contribution in [3.05, 3.63) is 29.3 Å². The minimum Gasteiger partial charge on any atom is -0.471 e. The summed E-state index contributed by atoms with van der Waals surface area (Å²) in [6, 6.07) is 6.45. The van der Waals surface area contributed by atoms with Crippen molar-refractivity contribution in [2.24, 2.45) is 5.92 Å². The van der Waals surface area contributed by atoms with E-state index in [0.717, 1.165) is 0 Å². The molecule has 5 heteroatoms. The molecule has 0 radical (unpaired) electrons. The van der Waals surface area contributed by atoms with Crippen LogP contribution < -0.4 is 4.74 Å². The van der Waals surface area contributed by atoms with Gasteiger partial charge in [0.15, 0.2) is 5.78 Å². The number of hydrogen-bond acceptors (Lipinski definition) is 4. The van der Waals surface area contributed by atoms with Crippen LogP contribution in [0.25, 0.3) is 0 Å². The van der Waals surface area contributed by atoms with E-state index < -0.39 is 12.1 Å². The van der Waals surface area contributed by atoms with Crippen LogP contribution >= 0.6 is 11.6 Å². The van der Waals surface area contributed by atoms with E-state index in [9.17, 15) is 9.59 Å². The number of carbonyl (C=O) groups excluding carboxylic acids is 2. The average Bonchev–Trinajstić information content (AvgIpc) is 2.37. The Hall–Kier alpha value is -1.55. The number of Topliss-reactive ketones (excluding diaryl/α,β-unsaturated/α-hetero) is 1. The Balaban J connectivity index is 2.87. The van der Waals surface area contributed by atoms with E-state index in [-0.39, 0.29) is 18.3 Å². The van der Waals surface area contributed by atoms with Gasteiger partial charge >= 0.3 is 5.97 Å². The standard InChI is InChI=1S/C14H17ClO4/c1-4-18-14(17)13(12(16)9(2)3)19-11-7-5-10(15)6-8-11/h5-9,13H,4H2,1-3H3. The molecule has 0 saturated carbocycles. The fraction of sp³-hybridized carbons (Fsp3) is 0.429. The Morgan fingerprint density at radius 1 is 1.21 bits per heavy atom. The molecule has 104 valence electrons. The zero-order chi connectivity index (χ0) is 14.4. The van der Waals surface area contributed by atoms with Crippen LogP contribution in [0.2, 0.25) is 5.02 Å². The van der Waals surface area contributed by atoms with Crippen LogP contribution in [0.3, 0.4) is 0 Å². The first-order valence-corrected chi connectivity index (χ1v) is 6.46. The third kappa shape index (κ3) is 4.56. The van der Waals surface area contributed by atoms with Crippen molar-refractivity contribution < 1.29 is 19.1 Å². The third-order valence-electron chi connectivity index (χ3n) is 2.40. The van der Waals surface area contributed by atoms with Gasteiger partial charge in [-0.15, -0.1) is 0 Å². The van der Waals surface area contributed by atoms with Gasteiger partial charge in [0, 0.05) is 10.9 Å². The summed E-state index contributed by atoms with van der Waals surface area (Å²) in [6.07, 6.45) is -1.24. The van der Waals surface area contributed by atoms with Crippen LogP contribution in [0.4, 0.5) is 0 Å². The minimum absolute atomic E-state index is 0.199. The molecule has 1 aromatic rings. The Kier molecular flexibility index (Phi) is 5.83. The molecule has 0 spiro atoms. The number of carbonyl (C=O) groups is 2. The van der Waals surface area contributed by atoms with Gasteiger partial charge in [-0.3, -0.25) is 4.79 Å². The maximum atomic E-state index is 12.0. The molecule has 0 aliphatic rings. The van der Waals surface area contributed by atoms with Crippen molar-refractivity contribution >= 4 is 23.4 Å². The molecule has 0 fully saturated rings. The fourth-order valence-corrected chi connectivity index (χ4v) is 1.52. The molecule has 0 amide bonds. The molecule has 0 aliphatic carbocycles. The molecule has 1 aromatic carbocycles. The molecule has 1 rings (SSSR count). The number of benzene rings is 1. The molecule has 0 N–H and O–H groups in total. The van der Waals surface area contributed by atoms with Crippen LogP contribution in [-0.2, 0) is 14.3 Å². The number of hydrogen-bond donors (Lipinski definition) is 0. The smallest absolute Gasteiger partial charge is 0.355 e.